The zero-order valence-electron chi connectivity index (χ0n) is 9.57. The molecule has 2 rings (SSSR count). The minimum atomic E-state index is -1.02. The van der Waals surface area contributed by atoms with Gasteiger partial charge in [-0.2, -0.15) is 10.3 Å². The van der Waals surface area contributed by atoms with Gasteiger partial charge in [0, 0.05) is 6.20 Å². The maximum atomic E-state index is 11.5. The second kappa shape index (κ2) is 5.57. The van der Waals surface area contributed by atoms with Crippen molar-refractivity contribution in [2.45, 2.75) is 13.1 Å². The molecular formula is C8H10N8O3. The average Bonchev–Trinajstić information content (AvgIpc) is 2.97. The van der Waals surface area contributed by atoms with E-state index in [-0.39, 0.29) is 13.1 Å². The molecule has 0 saturated heterocycles. The van der Waals surface area contributed by atoms with E-state index < -0.39 is 12.0 Å². The van der Waals surface area contributed by atoms with Gasteiger partial charge in [-0.1, -0.05) is 5.21 Å². The number of hydrogen-bond acceptors (Lipinski definition) is 6. The molecule has 100 valence electrons. The second-order valence-electron chi connectivity index (χ2n) is 3.46. The lowest BCUT2D eigenvalue weighted by molar-refractivity contribution is -0.137. The number of nitrogens with one attached hydrogen (secondary N) is 3. The van der Waals surface area contributed by atoms with Gasteiger partial charge in [0.25, 0.3) is 0 Å². The van der Waals surface area contributed by atoms with Crippen molar-refractivity contribution in [3.63, 3.8) is 0 Å². The predicted molar refractivity (Wildman–Crippen MR) is 59.9 cm³/mol. The molecule has 2 aromatic heterocycles. The average molecular weight is 266 g/mol. The summed E-state index contributed by atoms with van der Waals surface area (Å²) in [6, 6.07) is -0.486. The van der Waals surface area contributed by atoms with Crippen LogP contribution in [-0.4, -0.2) is 47.5 Å². The van der Waals surface area contributed by atoms with Gasteiger partial charge in [0.1, 0.15) is 6.54 Å². The summed E-state index contributed by atoms with van der Waals surface area (Å²) in [5.41, 5.74) is 0.381. The van der Waals surface area contributed by atoms with Gasteiger partial charge in [0.2, 0.25) is 0 Å². The van der Waals surface area contributed by atoms with Crippen LogP contribution < -0.4 is 10.6 Å². The Morgan fingerprint density at radius 2 is 2.32 bits per heavy atom. The van der Waals surface area contributed by atoms with Crippen LogP contribution in [-0.2, 0) is 17.9 Å². The van der Waals surface area contributed by atoms with Crippen LogP contribution in [0.5, 0.6) is 0 Å². The highest BCUT2D eigenvalue weighted by molar-refractivity contribution is 5.88. The van der Waals surface area contributed by atoms with Crippen LogP contribution in [0.25, 0.3) is 0 Å². The normalized spacial score (nSPS) is 10.1. The van der Waals surface area contributed by atoms with Crippen molar-refractivity contribution in [2.24, 2.45) is 0 Å². The number of carboxylic acid groups (broad SMARTS) is 1. The molecule has 4 N–H and O–H groups in total. The zero-order chi connectivity index (χ0) is 13.7. The van der Waals surface area contributed by atoms with E-state index in [2.05, 4.69) is 36.4 Å². The molecule has 0 aliphatic heterocycles. The van der Waals surface area contributed by atoms with Gasteiger partial charge >= 0.3 is 12.0 Å². The smallest absolute Gasteiger partial charge is 0.325 e. The molecule has 0 bridgehead atoms. The summed E-state index contributed by atoms with van der Waals surface area (Å²) in [6.45, 7) is -0.155. The van der Waals surface area contributed by atoms with Gasteiger partial charge in [-0.05, 0) is 0 Å². The number of tetrazole rings is 1. The van der Waals surface area contributed by atoms with Crippen molar-refractivity contribution in [3.8, 4) is 0 Å². The molecule has 0 saturated carbocycles. The molecule has 11 nitrogen and oxygen atoms in total. The van der Waals surface area contributed by atoms with Crippen molar-refractivity contribution >= 4 is 17.7 Å². The number of aliphatic carboxylic acids is 1. The molecule has 0 atom stereocenters. The Bertz CT molecular complexity index is 562. The van der Waals surface area contributed by atoms with Gasteiger partial charge in [-0.25, -0.2) is 4.79 Å². The first-order valence-corrected chi connectivity index (χ1v) is 5.15. The highest BCUT2D eigenvalue weighted by atomic mass is 16.4. The number of urea groups is 1. The summed E-state index contributed by atoms with van der Waals surface area (Å²) in [5, 5.41) is 30.2. The fourth-order valence-electron chi connectivity index (χ4n) is 1.25. The lowest BCUT2D eigenvalue weighted by Crippen LogP contribution is -2.28. The molecule has 0 unspecified atom stereocenters. The van der Waals surface area contributed by atoms with Crippen molar-refractivity contribution in [1.29, 1.82) is 0 Å². The number of carbonyl (C=O) groups is 2. The number of anilines is 1. The van der Waals surface area contributed by atoms with Crippen molar-refractivity contribution in [1.82, 2.24) is 35.7 Å². The van der Waals surface area contributed by atoms with Crippen LogP contribution >= 0.6 is 0 Å². The highest BCUT2D eigenvalue weighted by Crippen LogP contribution is 2.04. The number of hydrogen-bond donors (Lipinski definition) is 4. The van der Waals surface area contributed by atoms with E-state index in [9.17, 15) is 9.59 Å². The fraction of sp³-hybridized carbons (Fsp3) is 0.250. The Kier molecular flexibility index (Phi) is 3.66. The summed E-state index contributed by atoms with van der Waals surface area (Å²) in [5.74, 6) is -0.673. The van der Waals surface area contributed by atoms with Crippen LogP contribution in [0.1, 0.15) is 5.82 Å². The van der Waals surface area contributed by atoms with Gasteiger partial charge < -0.3 is 15.7 Å². The summed E-state index contributed by atoms with van der Waals surface area (Å²) < 4.78 is 1.19. The lowest BCUT2D eigenvalue weighted by Gasteiger charge is -2.02. The number of amides is 2. The van der Waals surface area contributed by atoms with E-state index in [1.807, 2.05) is 0 Å². The molecule has 11 heteroatoms. The minimum Gasteiger partial charge on any atom is -0.480 e. The molecule has 0 aliphatic rings. The van der Waals surface area contributed by atoms with Crippen molar-refractivity contribution in [3.05, 3.63) is 18.2 Å². The van der Waals surface area contributed by atoms with Crippen LogP contribution in [0.15, 0.2) is 12.4 Å². The molecule has 0 aliphatic carbocycles. The molecule has 0 spiro atoms. The molecule has 19 heavy (non-hydrogen) atoms. The number of aromatic nitrogens is 6. The largest absolute Gasteiger partial charge is 0.480 e. The number of nitrogens with zero attached hydrogens (tertiary/aromatic N) is 5. The Morgan fingerprint density at radius 3 is 3.00 bits per heavy atom. The quantitative estimate of drug-likeness (QED) is 0.530. The number of rotatable bonds is 5. The Labute approximate surface area is 106 Å². The zero-order valence-corrected chi connectivity index (χ0v) is 9.57. The molecular weight excluding hydrogens is 256 g/mol. The Balaban J connectivity index is 1.81. The topological polar surface area (TPSA) is 151 Å². The van der Waals surface area contributed by atoms with Crippen LogP contribution in [0.4, 0.5) is 10.5 Å². The van der Waals surface area contributed by atoms with E-state index in [4.69, 9.17) is 5.11 Å². The summed E-state index contributed by atoms with van der Waals surface area (Å²) >= 11 is 0. The SMILES string of the molecule is O=C(O)Cn1cc(NC(=O)NCc2nn[nH]n2)cn1. The maximum Gasteiger partial charge on any atom is 0.325 e. The van der Waals surface area contributed by atoms with Crippen molar-refractivity contribution in [2.75, 3.05) is 5.32 Å². The molecule has 2 heterocycles. The first kappa shape index (κ1) is 12.5. The van der Waals surface area contributed by atoms with Crippen LogP contribution in [0, 0.1) is 0 Å². The van der Waals surface area contributed by atoms with E-state index >= 15 is 0 Å². The van der Waals surface area contributed by atoms with Gasteiger partial charge in [0.05, 0.1) is 18.4 Å². The van der Waals surface area contributed by atoms with E-state index in [1.54, 1.807) is 0 Å². The number of carbonyl (C=O) groups excluding carboxylic acids is 1. The third-order valence-corrected chi connectivity index (χ3v) is 1.98. The van der Waals surface area contributed by atoms with Gasteiger partial charge in [-0.15, -0.1) is 10.2 Å². The van der Waals surface area contributed by atoms with Crippen LogP contribution in [0.3, 0.4) is 0 Å². The van der Waals surface area contributed by atoms with E-state index in [1.165, 1.54) is 17.1 Å². The third-order valence-electron chi connectivity index (χ3n) is 1.98. The fourth-order valence-corrected chi connectivity index (χ4v) is 1.25. The van der Waals surface area contributed by atoms with Crippen LogP contribution in [0.2, 0.25) is 0 Å². The molecule has 0 aromatic carbocycles. The number of aromatic amines is 1. The first-order valence-electron chi connectivity index (χ1n) is 5.15. The van der Waals surface area contributed by atoms with Crippen molar-refractivity contribution < 1.29 is 14.7 Å². The van der Waals surface area contributed by atoms with E-state index in [0.717, 1.165) is 0 Å². The van der Waals surface area contributed by atoms with E-state index in [0.29, 0.717) is 11.5 Å². The van der Waals surface area contributed by atoms with Gasteiger partial charge in [0.15, 0.2) is 5.82 Å². The summed E-state index contributed by atoms with van der Waals surface area (Å²) in [4.78, 5) is 21.9. The molecule has 0 radical (unpaired) electrons. The maximum absolute atomic E-state index is 11.5. The standard InChI is InChI=1S/C8H10N8O3/c17-7(18)4-16-3-5(1-10-16)11-8(19)9-2-6-12-14-15-13-6/h1,3H,2,4H2,(H,17,18)(H2,9,11,19)(H,12,13,14,15). The number of H-pyrrole nitrogens is 1. The summed E-state index contributed by atoms with van der Waals surface area (Å²) in [6.07, 6.45) is 2.75. The first-order chi connectivity index (χ1) is 9.13. The molecule has 0 fully saturated rings. The molecule has 2 aromatic rings. The minimum absolute atomic E-state index is 0.117. The van der Waals surface area contributed by atoms with Gasteiger partial charge in [-0.3, -0.25) is 9.48 Å². The Morgan fingerprint density at radius 1 is 1.47 bits per heavy atom. The highest BCUT2D eigenvalue weighted by Gasteiger charge is 2.07. The number of carboxylic acids is 1. The second-order valence-corrected chi connectivity index (χ2v) is 3.46. The Hall–Kier alpha value is -2.98. The predicted octanol–water partition coefficient (Wildman–Crippen LogP) is -1.20. The summed E-state index contributed by atoms with van der Waals surface area (Å²) in [7, 11) is 0. The molecule has 2 amide bonds. The lowest BCUT2D eigenvalue weighted by atomic mass is 10.5. The third kappa shape index (κ3) is 3.76. The monoisotopic (exact) mass is 266 g/mol.